The van der Waals surface area contributed by atoms with Gasteiger partial charge in [-0.1, -0.05) is 13.8 Å². The SMILES string of the molecule is CC(C)CCOCCCNC(=O)/C=C\C(N)=O. The minimum absolute atomic E-state index is 0.314. The van der Waals surface area contributed by atoms with Gasteiger partial charge in [0.2, 0.25) is 11.8 Å². The number of amides is 2. The van der Waals surface area contributed by atoms with Gasteiger partial charge in [-0.2, -0.15) is 0 Å². The van der Waals surface area contributed by atoms with Crippen LogP contribution in [0.3, 0.4) is 0 Å². The van der Waals surface area contributed by atoms with Crippen LogP contribution in [0.4, 0.5) is 0 Å². The van der Waals surface area contributed by atoms with Crippen LogP contribution in [-0.2, 0) is 14.3 Å². The number of ether oxygens (including phenoxy) is 1. The summed E-state index contributed by atoms with van der Waals surface area (Å²) in [4.78, 5) is 21.4. The first-order valence-electron chi connectivity index (χ1n) is 5.85. The van der Waals surface area contributed by atoms with Crippen LogP contribution in [0.2, 0.25) is 0 Å². The molecule has 0 aliphatic rings. The van der Waals surface area contributed by atoms with E-state index in [0.29, 0.717) is 19.1 Å². The van der Waals surface area contributed by atoms with Crippen LogP contribution in [0.15, 0.2) is 12.2 Å². The molecule has 0 heterocycles. The van der Waals surface area contributed by atoms with Crippen molar-refractivity contribution in [2.24, 2.45) is 11.7 Å². The third kappa shape index (κ3) is 12.6. The average Bonchev–Trinajstić information content (AvgIpc) is 2.24. The lowest BCUT2D eigenvalue weighted by atomic mass is 10.1. The summed E-state index contributed by atoms with van der Waals surface area (Å²) < 4.78 is 5.38. The van der Waals surface area contributed by atoms with Gasteiger partial charge in [0.1, 0.15) is 0 Å². The summed E-state index contributed by atoms with van der Waals surface area (Å²) >= 11 is 0. The van der Waals surface area contributed by atoms with E-state index in [1.54, 1.807) is 0 Å². The van der Waals surface area contributed by atoms with Gasteiger partial charge in [-0.15, -0.1) is 0 Å². The van der Waals surface area contributed by atoms with Crippen LogP contribution in [0, 0.1) is 5.92 Å². The number of hydrogen-bond acceptors (Lipinski definition) is 3. The second-order valence-corrected chi connectivity index (χ2v) is 4.18. The molecule has 0 unspecified atom stereocenters. The quantitative estimate of drug-likeness (QED) is 0.459. The molecule has 0 aromatic rings. The maximum atomic E-state index is 11.1. The Morgan fingerprint density at radius 2 is 2.00 bits per heavy atom. The molecule has 5 nitrogen and oxygen atoms in total. The largest absolute Gasteiger partial charge is 0.381 e. The Bertz CT molecular complexity index is 262. The van der Waals surface area contributed by atoms with Gasteiger partial charge in [0.25, 0.3) is 0 Å². The molecule has 0 aliphatic heterocycles. The summed E-state index contributed by atoms with van der Waals surface area (Å²) in [6.07, 6.45) is 3.97. The Morgan fingerprint density at radius 3 is 2.59 bits per heavy atom. The van der Waals surface area contributed by atoms with Crippen LogP contribution >= 0.6 is 0 Å². The average molecular weight is 242 g/mol. The summed E-state index contributed by atoms with van der Waals surface area (Å²) in [5.41, 5.74) is 4.85. The fourth-order valence-electron chi connectivity index (χ4n) is 1.02. The Labute approximate surface area is 102 Å². The second-order valence-electron chi connectivity index (χ2n) is 4.18. The summed E-state index contributed by atoms with van der Waals surface area (Å²) in [6.45, 7) is 6.21. The van der Waals surface area contributed by atoms with Crippen molar-refractivity contribution in [3.8, 4) is 0 Å². The summed E-state index contributed by atoms with van der Waals surface area (Å²) in [5, 5.41) is 2.62. The highest BCUT2D eigenvalue weighted by atomic mass is 16.5. The summed E-state index contributed by atoms with van der Waals surface area (Å²) in [7, 11) is 0. The molecule has 5 heteroatoms. The van der Waals surface area contributed by atoms with Crippen LogP contribution < -0.4 is 11.1 Å². The van der Waals surface area contributed by atoms with Gasteiger partial charge >= 0.3 is 0 Å². The zero-order chi connectivity index (χ0) is 13.1. The highest BCUT2D eigenvalue weighted by molar-refractivity contribution is 5.95. The molecule has 0 atom stereocenters. The van der Waals surface area contributed by atoms with Gasteiger partial charge in [-0.25, -0.2) is 0 Å². The summed E-state index contributed by atoms with van der Waals surface area (Å²) in [6, 6.07) is 0. The first kappa shape index (κ1) is 15.6. The Hall–Kier alpha value is -1.36. The minimum Gasteiger partial charge on any atom is -0.381 e. The molecule has 0 radical (unpaired) electrons. The van der Waals surface area contributed by atoms with E-state index in [9.17, 15) is 9.59 Å². The third-order valence-corrected chi connectivity index (χ3v) is 2.00. The maximum absolute atomic E-state index is 11.1. The number of hydrogen-bond donors (Lipinski definition) is 2. The molecule has 17 heavy (non-hydrogen) atoms. The maximum Gasteiger partial charge on any atom is 0.244 e. The van der Waals surface area contributed by atoms with Crippen LogP contribution in [-0.4, -0.2) is 31.6 Å². The number of rotatable bonds is 9. The van der Waals surface area contributed by atoms with E-state index < -0.39 is 5.91 Å². The molecule has 0 rings (SSSR count). The van der Waals surface area contributed by atoms with Crippen LogP contribution in [0.1, 0.15) is 26.7 Å². The highest BCUT2D eigenvalue weighted by Crippen LogP contribution is 1.98. The standard InChI is InChI=1S/C12H22N2O3/c1-10(2)6-9-17-8-3-7-14-12(16)5-4-11(13)15/h4-5,10H,3,6-9H2,1-2H3,(H2,13,15)(H,14,16)/b5-4-. The van der Waals surface area contributed by atoms with Gasteiger partial charge in [-0.05, 0) is 18.8 Å². The molecule has 0 saturated heterocycles. The lowest BCUT2D eigenvalue weighted by Gasteiger charge is -2.06. The van der Waals surface area contributed by atoms with Crippen molar-refractivity contribution >= 4 is 11.8 Å². The molecule has 0 aromatic carbocycles. The minimum atomic E-state index is -0.628. The highest BCUT2D eigenvalue weighted by Gasteiger charge is 1.96. The Balaban J connectivity index is 3.34. The van der Waals surface area contributed by atoms with Crippen molar-refractivity contribution in [3.63, 3.8) is 0 Å². The van der Waals surface area contributed by atoms with Crippen molar-refractivity contribution < 1.29 is 14.3 Å². The van der Waals surface area contributed by atoms with Crippen molar-refractivity contribution in [2.45, 2.75) is 26.7 Å². The van der Waals surface area contributed by atoms with E-state index in [2.05, 4.69) is 19.2 Å². The molecular formula is C12H22N2O3. The second kappa shape index (κ2) is 9.84. The van der Waals surface area contributed by atoms with E-state index in [0.717, 1.165) is 31.6 Å². The molecule has 0 aromatic heterocycles. The number of carbonyl (C=O) groups excluding carboxylic acids is 2. The van der Waals surface area contributed by atoms with Gasteiger partial charge < -0.3 is 15.8 Å². The van der Waals surface area contributed by atoms with E-state index in [1.165, 1.54) is 0 Å². The van der Waals surface area contributed by atoms with Gasteiger partial charge in [0.05, 0.1) is 0 Å². The monoisotopic (exact) mass is 242 g/mol. The molecule has 0 spiro atoms. The van der Waals surface area contributed by atoms with E-state index in [1.807, 2.05) is 0 Å². The predicted octanol–water partition coefficient (Wildman–Crippen LogP) is 0.597. The van der Waals surface area contributed by atoms with E-state index >= 15 is 0 Å². The predicted molar refractivity (Wildman–Crippen MR) is 66.2 cm³/mol. The van der Waals surface area contributed by atoms with Crippen LogP contribution in [0.5, 0.6) is 0 Å². The molecule has 2 amide bonds. The molecular weight excluding hydrogens is 220 g/mol. The fourth-order valence-corrected chi connectivity index (χ4v) is 1.02. The molecule has 3 N–H and O–H groups in total. The van der Waals surface area contributed by atoms with Gasteiger partial charge in [0.15, 0.2) is 0 Å². The zero-order valence-electron chi connectivity index (χ0n) is 10.6. The zero-order valence-corrected chi connectivity index (χ0v) is 10.6. The topological polar surface area (TPSA) is 81.4 Å². The number of primary amides is 1. The first-order chi connectivity index (χ1) is 8.02. The molecule has 0 fully saturated rings. The summed E-state index contributed by atoms with van der Waals surface area (Å²) in [5.74, 6) is -0.295. The molecule has 0 saturated carbocycles. The van der Waals surface area contributed by atoms with Crippen molar-refractivity contribution in [1.29, 1.82) is 0 Å². The number of nitrogens with two attached hydrogens (primary N) is 1. The van der Waals surface area contributed by atoms with Crippen molar-refractivity contribution in [2.75, 3.05) is 19.8 Å². The smallest absolute Gasteiger partial charge is 0.244 e. The number of nitrogens with one attached hydrogen (secondary N) is 1. The fraction of sp³-hybridized carbons (Fsp3) is 0.667. The Kier molecular flexibility index (Phi) is 9.05. The van der Waals surface area contributed by atoms with Crippen molar-refractivity contribution in [3.05, 3.63) is 12.2 Å². The number of carbonyl (C=O) groups is 2. The molecule has 0 bridgehead atoms. The normalized spacial score (nSPS) is 11.0. The van der Waals surface area contributed by atoms with E-state index in [4.69, 9.17) is 10.5 Å². The van der Waals surface area contributed by atoms with Gasteiger partial charge in [-0.3, -0.25) is 9.59 Å². The third-order valence-electron chi connectivity index (χ3n) is 2.00. The Morgan fingerprint density at radius 1 is 1.29 bits per heavy atom. The lowest BCUT2D eigenvalue weighted by Crippen LogP contribution is -2.23. The molecule has 0 aliphatic carbocycles. The van der Waals surface area contributed by atoms with E-state index in [-0.39, 0.29) is 5.91 Å². The van der Waals surface area contributed by atoms with Gasteiger partial charge in [0, 0.05) is 31.9 Å². The molecule has 98 valence electrons. The first-order valence-corrected chi connectivity index (χ1v) is 5.85. The lowest BCUT2D eigenvalue weighted by molar-refractivity contribution is -0.117. The van der Waals surface area contributed by atoms with Crippen LogP contribution in [0.25, 0.3) is 0 Å². The van der Waals surface area contributed by atoms with Crippen molar-refractivity contribution in [1.82, 2.24) is 5.32 Å².